The average molecular weight is 275 g/mol. The second-order valence-electron chi connectivity index (χ2n) is 6.31. The lowest BCUT2D eigenvalue weighted by atomic mass is 10.1. The maximum atomic E-state index is 4.67. The second-order valence-corrected chi connectivity index (χ2v) is 6.31. The van der Waals surface area contributed by atoms with E-state index in [0.29, 0.717) is 0 Å². The summed E-state index contributed by atoms with van der Waals surface area (Å²) in [5, 5.41) is 3.53. The lowest BCUT2D eigenvalue weighted by molar-refractivity contribution is 0.424. The molecule has 1 N–H and O–H groups in total. The largest absolute Gasteiger partial charge is 0.353 e. The molecule has 0 radical (unpaired) electrons. The first kappa shape index (κ1) is 16.7. The number of hydrogen-bond donors (Lipinski definition) is 1. The smallest absolute Gasteiger partial charge is 0.129 e. The zero-order valence-corrected chi connectivity index (χ0v) is 13.7. The summed E-state index contributed by atoms with van der Waals surface area (Å²) >= 11 is 0. The molecule has 0 spiro atoms. The lowest BCUT2D eigenvalue weighted by Gasteiger charge is -2.24. The molecule has 0 amide bonds. The minimum absolute atomic E-state index is 0.127. The Kier molecular flexibility index (Phi) is 6.21. The molecule has 112 valence electrons. The van der Waals surface area contributed by atoms with Crippen LogP contribution >= 0.6 is 0 Å². The summed E-state index contributed by atoms with van der Waals surface area (Å²) < 4.78 is 0. The van der Waals surface area contributed by atoms with Crippen LogP contribution in [0, 0.1) is 6.92 Å². The van der Waals surface area contributed by atoms with E-state index < -0.39 is 0 Å². The van der Waals surface area contributed by atoms with Gasteiger partial charge in [0.25, 0.3) is 0 Å². The highest BCUT2D eigenvalue weighted by Crippen LogP contribution is 2.16. The van der Waals surface area contributed by atoms with Crippen LogP contribution in [0.5, 0.6) is 0 Å². The van der Waals surface area contributed by atoms with E-state index in [2.05, 4.69) is 68.5 Å². The highest BCUT2D eigenvalue weighted by atomic mass is 15.2. The SMILES string of the molecule is C=CCN(CCC)c1cc(CNC(C)(C)C)cc(C)n1. The van der Waals surface area contributed by atoms with Crippen LogP contribution in [0.15, 0.2) is 24.8 Å². The zero-order valence-electron chi connectivity index (χ0n) is 13.7. The highest BCUT2D eigenvalue weighted by Gasteiger charge is 2.11. The minimum atomic E-state index is 0.127. The Hall–Kier alpha value is -1.35. The van der Waals surface area contributed by atoms with Gasteiger partial charge in [-0.05, 0) is 51.8 Å². The number of anilines is 1. The van der Waals surface area contributed by atoms with Crippen molar-refractivity contribution in [2.24, 2.45) is 0 Å². The van der Waals surface area contributed by atoms with Crippen LogP contribution in [0.25, 0.3) is 0 Å². The molecule has 0 bridgehead atoms. The molecule has 1 heterocycles. The summed E-state index contributed by atoms with van der Waals surface area (Å²) in [6.45, 7) is 17.4. The third kappa shape index (κ3) is 5.74. The molecule has 0 aliphatic heterocycles. The van der Waals surface area contributed by atoms with Gasteiger partial charge in [0.05, 0.1) is 0 Å². The van der Waals surface area contributed by atoms with Crippen LogP contribution in [0.3, 0.4) is 0 Å². The lowest BCUT2D eigenvalue weighted by Crippen LogP contribution is -2.35. The fourth-order valence-electron chi connectivity index (χ4n) is 2.08. The van der Waals surface area contributed by atoms with E-state index in [1.54, 1.807) is 0 Å². The van der Waals surface area contributed by atoms with Crippen LogP contribution in [0.1, 0.15) is 45.4 Å². The molecule has 0 aliphatic rings. The third-order valence-electron chi connectivity index (χ3n) is 2.99. The van der Waals surface area contributed by atoms with Gasteiger partial charge in [-0.15, -0.1) is 6.58 Å². The molecule has 0 aliphatic carbocycles. The van der Waals surface area contributed by atoms with E-state index in [0.717, 1.165) is 37.6 Å². The number of nitrogens with zero attached hydrogens (tertiary/aromatic N) is 2. The standard InChI is InChI=1S/C17H29N3/c1-7-9-20(10-8-2)16-12-15(11-14(3)19-16)13-18-17(4,5)6/h7,11-12,18H,1,8-10,13H2,2-6H3. The topological polar surface area (TPSA) is 28.2 Å². The van der Waals surface area contributed by atoms with Gasteiger partial charge in [-0.2, -0.15) is 0 Å². The van der Waals surface area contributed by atoms with E-state index in [1.165, 1.54) is 5.56 Å². The van der Waals surface area contributed by atoms with Crippen molar-refractivity contribution < 1.29 is 0 Å². The van der Waals surface area contributed by atoms with Gasteiger partial charge in [0, 0.05) is 30.9 Å². The number of hydrogen-bond acceptors (Lipinski definition) is 3. The van der Waals surface area contributed by atoms with Crippen molar-refractivity contribution in [3.05, 3.63) is 36.0 Å². The zero-order chi connectivity index (χ0) is 15.2. The molecule has 1 aromatic heterocycles. The third-order valence-corrected chi connectivity index (χ3v) is 2.99. The number of aromatic nitrogens is 1. The van der Waals surface area contributed by atoms with Crippen molar-refractivity contribution in [1.29, 1.82) is 0 Å². The van der Waals surface area contributed by atoms with E-state index in [9.17, 15) is 0 Å². The fraction of sp³-hybridized carbons (Fsp3) is 0.588. The minimum Gasteiger partial charge on any atom is -0.353 e. The first-order valence-corrected chi connectivity index (χ1v) is 7.44. The quantitative estimate of drug-likeness (QED) is 0.769. The normalized spacial score (nSPS) is 11.4. The molecule has 0 unspecified atom stereocenters. The Morgan fingerprint density at radius 2 is 2.05 bits per heavy atom. The Morgan fingerprint density at radius 3 is 2.60 bits per heavy atom. The van der Waals surface area contributed by atoms with E-state index in [-0.39, 0.29) is 5.54 Å². The Balaban J connectivity index is 2.91. The summed E-state index contributed by atoms with van der Waals surface area (Å²) in [6.07, 6.45) is 3.05. The van der Waals surface area contributed by atoms with Gasteiger partial charge in [0.2, 0.25) is 0 Å². The molecule has 1 rings (SSSR count). The van der Waals surface area contributed by atoms with E-state index in [1.807, 2.05) is 6.08 Å². The summed E-state index contributed by atoms with van der Waals surface area (Å²) in [7, 11) is 0. The molecule has 3 heteroatoms. The monoisotopic (exact) mass is 275 g/mol. The van der Waals surface area contributed by atoms with Crippen LogP contribution in [0.2, 0.25) is 0 Å². The molecule has 0 atom stereocenters. The van der Waals surface area contributed by atoms with Gasteiger partial charge >= 0.3 is 0 Å². The fourth-order valence-corrected chi connectivity index (χ4v) is 2.08. The summed E-state index contributed by atoms with van der Waals surface area (Å²) in [5.74, 6) is 1.05. The second kappa shape index (κ2) is 7.44. The maximum absolute atomic E-state index is 4.67. The van der Waals surface area contributed by atoms with Crippen molar-refractivity contribution in [3.63, 3.8) is 0 Å². The highest BCUT2D eigenvalue weighted by molar-refractivity contribution is 5.43. The Morgan fingerprint density at radius 1 is 1.35 bits per heavy atom. The van der Waals surface area contributed by atoms with E-state index >= 15 is 0 Å². The number of aryl methyl sites for hydroxylation is 1. The molecular formula is C17H29N3. The van der Waals surface area contributed by atoms with E-state index in [4.69, 9.17) is 0 Å². The van der Waals surface area contributed by atoms with Gasteiger partial charge in [0.1, 0.15) is 5.82 Å². The molecule has 1 aromatic rings. The van der Waals surface area contributed by atoms with Crippen LogP contribution in [-0.2, 0) is 6.54 Å². The van der Waals surface area contributed by atoms with Crippen molar-refractivity contribution in [1.82, 2.24) is 10.3 Å². The predicted molar refractivity (Wildman–Crippen MR) is 88.3 cm³/mol. The van der Waals surface area contributed by atoms with Gasteiger partial charge in [0.15, 0.2) is 0 Å². The first-order valence-electron chi connectivity index (χ1n) is 7.44. The molecule has 0 fully saturated rings. The molecule has 0 saturated carbocycles. The van der Waals surface area contributed by atoms with Gasteiger partial charge in [-0.3, -0.25) is 0 Å². The van der Waals surface area contributed by atoms with Crippen LogP contribution in [0.4, 0.5) is 5.82 Å². The molecule has 0 saturated heterocycles. The Labute approximate surface area is 124 Å². The van der Waals surface area contributed by atoms with Crippen LogP contribution < -0.4 is 10.2 Å². The van der Waals surface area contributed by atoms with Gasteiger partial charge in [-0.1, -0.05) is 13.0 Å². The number of rotatable bonds is 7. The maximum Gasteiger partial charge on any atom is 0.129 e. The molecular weight excluding hydrogens is 246 g/mol. The summed E-state index contributed by atoms with van der Waals surface area (Å²) in [5.41, 5.74) is 2.48. The van der Waals surface area contributed by atoms with Crippen molar-refractivity contribution in [2.45, 2.75) is 53.1 Å². The van der Waals surface area contributed by atoms with Gasteiger partial charge < -0.3 is 10.2 Å². The van der Waals surface area contributed by atoms with Gasteiger partial charge in [-0.25, -0.2) is 4.98 Å². The predicted octanol–water partition coefficient (Wildman–Crippen LogP) is 3.68. The number of nitrogens with one attached hydrogen (secondary N) is 1. The molecule has 0 aromatic carbocycles. The van der Waals surface area contributed by atoms with Crippen molar-refractivity contribution in [3.8, 4) is 0 Å². The number of pyridine rings is 1. The average Bonchev–Trinajstić information content (AvgIpc) is 2.35. The summed E-state index contributed by atoms with van der Waals surface area (Å²) in [4.78, 5) is 6.94. The molecule has 20 heavy (non-hydrogen) atoms. The van der Waals surface area contributed by atoms with Crippen molar-refractivity contribution >= 4 is 5.82 Å². The Bertz CT molecular complexity index is 432. The van der Waals surface area contributed by atoms with Crippen molar-refractivity contribution in [2.75, 3.05) is 18.0 Å². The first-order chi connectivity index (χ1) is 9.35. The van der Waals surface area contributed by atoms with Crippen LogP contribution in [-0.4, -0.2) is 23.6 Å². The molecule has 3 nitrogen and oxygen atoms in total. The summed E-state index contributed by atoms with van der Waals surface area (Å²) in [6, 6.07) is 4.34.